The van der Waals surface area contributed by atoms with Gasteiger partial charge in [-0.25, -0.2) is 0 Å². The molecule has 0 aromatic rings. The topological polar surface area (TPSA) is 46.7 Å². The minimum atomic E-state index is -1.87. The molecule has 2 saturated carbocycles. The van der Waals surface area contributed by atoms with Crippen molar-refractivity contribution < 1.29 is 14.3 Å². The highest BCUT2D eigenvalue weighted by atomic mass is 35.5. The molecular weight excluding hydrogens is 393 g/mol. The number of alkyl halides is 4. The second-order valence-corrected chi connectivity index (χ2v) is 8.64. The third-order valence-electron chi connectivity index (χ3n) is 4.60. The molecule has 0 radical (unpaired) electrons. The van der Waals surface area contributed by atoms with Crippen LogP contribution in [-0.2, 0) is 14.3 Å². The van der Waals surface area contributed by atoms with E-state index >= 15 is 0 Å². The molecule has 3 fully saturated rings. The van der Waals surface area contributed by atoms with Crippen LogP contribution in [0.4, 0.5) is 0 Å². The summed E-state index contributed by atoms with van der Waals surface area (Å²) in [6.45, 7) is 0. The Morgan fingerprint density at radius 3 is 1.50 bits per heavy atom. The zero-order valence-corrected chi connectivity index (χ0v) is 13.8. The van der Waals surface area contributed by atoms with Gasteiger partial charge in [-0.15, -0.1) is 23.2 Å². The van der Waals surface area contributed by atoms with Crippen LogP contribution < -0.4 is 0 Å². The number of hydrogen-bond donors (Lipinski definition) is 0. The van der Waals surface area contributed by atoms with Crippen molar-refractivity contribution in [3.8, 4) is 0 Å². The van der Waals surface area contributed by atoms with Crippen molar-refractivity contribution in [2.75, 3.05) is 0 Å². The predicted octanol–water partition coefficient (Wildman–Crippen LogP) is 2.98. The van der Waals surface area contributed by atoms with Crippen LogP contribution in [0.3, 0.4) is 0 Å². The zero-order valence-electron chi connectivity index (χ0n) is 9.30. The Hall–Kier alpha value is 0.780. The van der Waals surface area contributed by atoms with Crippen LogP contribution in [0, 0.1) is 11.8 Å². The van der Waals surface area contributed by atoms with Gasteiger partial charge in [0.15, 0.2) is 28.1 Å². The van der Waals surface area contributed by atoms with E-state index in [2.05, 4.69) is 0 Å². The first-order valence-electron chi connectivity index (χ1n) is 5.66. The van der Waals surface area contributed by atoms with E-state index in [1.54, 1.807) is 0 Å². The number of carbonyl (C=O) groups is 2. The van der Waals surface area contributed by atoms with E-state index in [9.17, 15) is 9.59 Å². The summed E-state index contributed by atoms with van der Waals surface area (Å²) in [6, 6.07) is 0. The van der Waals surface area contributed by atoms with Crippen LogP contribution in [0.1, 0.15) is 0 Å². The van der Waals surface area contributed by atoms with Crippen molar-refractivity contribution in [3.63, 3.8) is 0 Å². The van der Waals surface area contributed by atoms with E-state index < -0.39 is 38.1 Å². The third-order valence-corrected chi connectivity index (χ3v) is 8.86. The molecule has 1 aliphatic heterocycles. The summed E-state index contributed by atoms with van der Waals surface area (Å²) in [5, 5.41) is -0.162. The molecule has 0 aromatic heterocycles. The van der Waals surface area contributed by atoms with E-state index in [0.717, 1.165) is 0 Å². The molecule has 0 spiro atoms. The van der Waals surface area contributed by atoms with E-state index in [0.29, 0.717) is 0 Å². The number of epoxide rings is 1. The Kier molecular flexibility index (Phi) is 2.62. The molecule has 1 saturated heterocycles. The van der Waals surface area contributed by atoms with Crippen LogP contribution in [0.25, 0.3) is 0 Å². The quantitative estimate of drug-likeness (QED) is 0.467. The summed E-state index contributed by atoms with van der Waals surface area (Å²) in [5.74, 6) is -2.79. The fraction of sp³-hybridized carbons (Fsp3) is 0.636. The van der Waals surface area contributed by atoms with E-state index in [-0.39, 0.29) is 21.6 Å². The van der Waals surface area contributed by atoms with Gasteiger partial charge in [0.05, 0.1) is 21.9 Å². The van der Waals surface area contributed by atoms with Crippen molar-refractivity contribution in [2.24, 2.45) is 11.8 Å². The summed E-state index contributed by atoms with van der Waals surface area (Å²) < 4.78 is 3.22. The summed E-state index contributed by atoms with van der Waals surface area (Å²) in [7, 11) is 0. The SMILES string of the molecule is O=C1[C@@H]2[C@H](C(=O)[C@H]3O[C@@H]13)[C@]1(Cl)C(Cl)=C(Cl)[C@]2(Cl)C1(Cl)Cl. The van der Waals surface area contributed by atoms with Gasteiger partial charge < -0.3 is 4.74 Å². The molecule has 3 aliphatic carbocycles. The second-order valence-electron chi connectivity index (χ2n) is 5.36. The maximum Gasteiger partial charge on any atom is 0.170 e. The number of halogens is 6. The minimum Gasteiger partial charge on any atom is -0.353 e. The predicted molar refractivity (Wildman–Crippen MR) is 76.0 cm³/mol. The molecule has 0 amide bonds. The van der Waals surface area contributed by atoms with Crippen molar-refractivity contribution in [3.05, 3.63) is 10.1 Å². The van der Waals surface area contributed by atoms with Gasteiger partial charge in [-0.3, -0.25) is 9.59 Å². The Balaban J connectivity index is 2.03. The van der Waals surface area contributed by atoms with Gasteiger partial charge in [0.1, 0.15) is 9.75 Å². The Bertz CT molecular complexity index is 580. The van der Waals surface area contributed by atoms with Gasteiger partial charge >= 0.3 is 0 Å². The fourth-order valence-corrected chi connectivity index (χ4v) is 6.56. The Labute approximate surface area is 143 Å². The minimum absolute atomic E-state index is 0.0812. The van der Waals surface area contributed by atoms with Gasteiger partial charge in [0.2, 0.25) is 0 Å². The van der Waals surface area contributed by atoms with E-state index in [1.165, 1.54) is 0 Å². The molecule has 2 bridgehead atoms. The standard InChI is InChI=1S/C11H4Cl6O3/c12-7-8(13)10(15)2-1(9(7,14)11(10,16)17)3(18)5-6(20-5)4(2)19/h1-2,5-6H/t1-,2+,5-,6+,9-,10-/m0/s1. The van der Waals surface area contributed by atoms with Crippen LogP contribution in [0.15, 0.2) is 10.1 Å². The van der Waals surface area contributed by atoms with Crippen LogP contribution in [0.5, 0.6) is 0 Å². The van der Waals surface area contributed by atoms with Gasteiger partial charge in [-0.05, 0) is 0 Å². The van der Waals surface area contributed by atoms with E-state index in [4.69, 9.17) is 74.3 Å². The number of Topliss-reactive ketones (excluding diaryl/α,β-unsaturated/α-hetero) is 2. The van der Waals surface area contributed by atoms with Crippen molar-refractivity contribution >= 4 is 81.2 Å². The average molecular weight is 397 g/mol. The highest BCUT2D eigenvalue weighted by Crippen LogP contribution is 2.77. The zero-order chi connectivity index (χ0) is 14.8. The molecule has 4 rings (SSSR count). The first kappa shape index (κ1) is 14.4. The molecule has 6 atom stereocenters. The normalized spacial score (nSPS) is 55.1. The number of rotatable bonds is 0. The molecule has 0 unspecified atom stereocenters. The van der Waals surface area contributed by atoms with Crippen molar-refractivity contribution in [2.45, 2.75) is 26.3 Å². The van der Waals surface area contributed by atoms with Crippen molar-refractivity contribution in [1.82, 2.24) is 0 Å². The van der Waals surface area contributed by atoms with Crippen molar-refractivity contribution in [1.29, 1.82) is 0 Å². The molecule has 0 N–H and O–H groups in total. The number of carbonyl (C=O) groups excluding carboxylic acids is 2. The largest absolute Gasteiger partial charge is 0.353 e. The highest BCUT2D eigenvalue weighted by molar-refractivity contribution is 6.66. The lowest BCUT2D eigenvalue weighted by Gasteiger charge is -2.36. The number of hydrogen-bond acceptors (Lipinski definition) is 3. The average Bonchev–Trinajstić information content (AvgIpc) is 3.14. The molecule has 0 aromatic carbocycles. The van der Waals surface area contributed by atoms with Gasteiger partial charge in [-0.2, -0.15) is 0 Å². The second kappa shape index (κ2) is 3.64. The maximum atomic E-state index is 12.4. The maximum absolute atomic E-state index is 12.4. The molecular formula is C11H4Cl6O3. The monoisotopic (exact) mass is 394 g/mol. The fourth-order valence-electron chi connectivity index (χ4n) is 3.60. The molecule has 4 aliphatic rings. The van der Waals surface area contributed by atoms with Crippen LogP contribution in [0.2, 0.25) is 0 Å². The molecule has 108 valence electrons. The van der Waals surface area contributed by atoms with Gasteiger partial charge in [-0.1, -0.05) is 46.4 Å². The lowest BCUT2D eigenvalue weighted by molar-refractivity contribution is -0.135. The number of fused-ring (bicyclic) bond motifs is 6. The summed E-state index contributed by atoms with van der Waals surface area (Å²) in [4.78, 5) is 21.4. The smallest absolute Gasteiger partial charge is 0.170 e. The first-order chi connectivity index (χ1) is 9.11. The number of allylic oxidation sites excluding steroid dienone is 2. The Morgan fingerprint density at radius 1 is 0.800 bits per heavy atom. The van der Waals surface area contributed by atoms with Gasteiger partial charge in [0, 0.05) is 0 Å². The third kappa shape index (κ3) is 1.12. The summed E-state index contributed by atoms with van der Waals surface area (Å²) >= 11 is 37.9. The van der Waals surface area contributed by atoms with Gasteiger partial charge in [0.25, 0.3) is 0 Å². The molecule has 20 heavy (non-hydrogen) atoms. The van der Waals surface area contributed by atoms with Crippen LogP contribution in [-0.4, -0.2) is 37.9 Å². The number of ketones is 2. The van der Waals surface area contributed by atoms with Crippen LogP contribution >= 0.6 is 69.6 Å². The Morgan fingerprint density at radius 2 is 1.15 bits per heavy atom. The molecule has 3 nitrogen and oxygen atoms in total. The lowest BCUT2D eigenvalue weighted by atomic mass is 9.71. The highest BCUT2D eigenvalue weighted by Gasteiger charge is 2.88. The molecule has 1 heterocycles. The summed E-state index contributed by atoms with van der Waals surface area (Å²) in [6.07, 6.45) is -1.60. The number of ether oxygens (including phenoxy) is 1. The van der Waals surface area contributed by atoms with E-state index in [1.807, 2.05) is 0 Å². The lowest BCUT2D eigenvalue weighted by Crippen LogP contribution is -2.51. The molecule has 9 heteroatoms. The summed E-state index contributed by atoms with van der Waals surface area (Å²) in [5.41, 5.74) is 0. The first-order valence-corrected chi connectivity index (χ1v) is 7.93.